The van der Waals surface area contributed by atoms with Crippen molar-refractivity contribution in [2.24, 2.45) is 5.41 Å². The van der Waals surface area contributed by atoms with Crippen LogP contribution in [0.2, 0.25) is 0 Å². The topological polar surface area (TPSA) is 15.3 Å². The van der Waals surface area contributed by atoms with Crippen molar-refractivity contribution in [2.75, 3.05) is 33.2 Å². The summed E-state index contributed by atoms with van der Waals surface area (Å²) in [6.07, 6.45) is 4.15. The molecule has 0 amide bonds. The maximum absolute atomic E-state index is 3.48. The lowest BCUT2D eigenvalue weighted by atomic mass is 9.85. The summed E-state index contributed by atoms with van der Waals surface area (Å²) in [7, 11) is 2.25. The fourth-order valence-corrected chi connectivity index (χ4v) is 2.31. The van der Waals surface area contributed by atoms with E-state index in [2.05, 4.69) is 31.1 Å². The van der Waals surface area contributed by atoms with E-state index in [0.717, 1.165) is 6.54 Å². The van der Waals surface area contributed by atoms with E-state index in [1.54, 1.807) is 0 Å². The molecule has 78 valence electrons. The largest absolute Gasteiger partial charge is 0.316 e. The molecule has 1 unspecified atom stereocenters. The molecule has 1 rings (SSSR count). The number of rotatable bonds is 3. The predicted molar refractivity (Wildman–Crippen MR) is 58.0 cm³/mol. The first-order valence-corrected chi connectivity index (χ1v) is 5.55. The molecule has 2 nitrogen and oxygen atoms in total. The first kappa shape index (κ1) is 11.0. The fraction of sp³-hybridized carbons (Fsp3) is 1.00. The third kappa shape index (κ3) is 3.65. The average molecular weight is 184 g/mol. The maximum Gasteiger partial charge on any atom is 0.00444 e. The molecule has 0 radical (unpaired) electrons. The van der Waals surface area contributed by atoms with Gasteiger partial charge in [0, 0.05) is 13.1 Å². The summed E-state index contributed by atoms with van der Waals surface area (Å²) >= 11 is 0. The summed E-state index contributed by atoms with van der Waals surface area (Å²) in [5, 5.41) is 3.48. The van der Waals surface area contributed by atoms with E-state index in [1.807, 2.05) is 0 Å². The van der Waals surface area contributed by atoms with Crippen molar-refractivity contribution >= 4 is 0 Å². The van der Waals surface area contributed by atoms with E-state index in [9.17, 15) is 0 Å². The first-order valence-electron chi connectivity index (χ1n) is 5.55. The number of hydrogen-bond donors (Lipinski definition) is 1. The van der Waals surface area contributed by atoms with Gasteiger partial charge in [0.05, 0.1) is 0 Å². The molecule has 0 aromatic carbocycles. The third-order valence-corrected chi connectivity index (χ3v) is 3.02. The van der Waals surface area contributed by atoms with Gasteiger partial charge in [0.2, 0.25) is 0 Å². The minimum Gasteiger partial charge on any atom is -0.316 e. The number of hydrogen-bond acceptors (Lipinski definition) is 2. The molecule has 1 atom stereocenters. The van der Waals surface area contributed by atoms with Gasteiger partial charge in [-0.05, 0) is 38.4 Å². The Morgan fingerprint density at radius 3 is 2.85 bits per heavy atom. The fourth-order valence-electron chi connectivity index (χ4n) is 2.31. The van der Waals surface area contributed by atoms with Crippen molar-refractivity contribution < 1.29 is 0 Å². The second kappa shape index (κ2) is 4.97. The zero-order chi connectivity index (χ0) is 9.73. The summed E-state index contributed by atoms with van der Waals surface area (Å²) in [4.78, 5) is 2.48. The Balaban J connectivity index is 2.43. The zero-order valence-corrected chi connectivity index (χ0v) is 9.40. The van der Waals surface area contributed by atoms with E-state index in [0.29, 0.717) is 5.41 Å². The van der Waals surface area contributed by atoms with Crippen LogP contribution >= 0.6 is 0 Å². The molecule has 0 bridgehead atoms. The predicted octanol–water partition coefficient (Wildman–Crippen LogP) is 1.72. The highest BCUT2D eigenvalue weighted by molar-refractivity contribution is 4.82. The Morgan fingerprint density at radius 1 is 1.38 bits per heavy atom. The van der Waals surface area contributed by atoms with E-state index in [1.165, 1.54) is 38.9 Å². The molecule has 0 aromatic heterocycles. The summed E-state index contributed by atoms with van der Waals surface area (Å²) in [6, 6.07) is 0. The zero-order valence-electron chi connectivity index (χ0n) is 9.40. The van der Waals surface area contributed by atoms with Crippen molar-refractivity contribution in [3.8, 4) is 0 Å². The van der Waals surface area contributed by atoms with E-state index in [-0.39, 0.29) is 0 Å². The normalized spacial score (nSPS) is 31.6. The standard InChI is InChI=1S/C11H24N2/c1-4-12-9-11(2)7-5-6-8-13(3)10-11/h12H,4-10H2,1-3H3. The van der Waals surface area contributed by atoms with Crippen LogP contribution in [0.5, 0.6) is 0 Å². The van der Waals surface area contributed by atoms with Crippen molar-refractivity contribution in [1.82, 2.24) is 10.2 Å². The Hall–Kier alpha value is -0.0800. The quantitative estimate of drug-likeness (QED) is 0.718. The Kier molecular flexibility index (Phi) is 4.20. The van der Waals surface area contributed by atoms with Gasteiger partial charge in [-0.3, -0.25) is 0 Å². The van der Waals surface area contributed by atoms with Gasteiger partial charge >= 0.3 is 0 Å². The maximum atomic E-state index is 3.48. The second-order valence-electron chi connectivity index (χ2n) is 4.79. The van der Waals surface area contributed by atoms with E-state index >= 15 is 0 Å². The third-order valence-electron chi connectivity index (χ3n) is 3.02. The lowest BCUT2D eigenvalue weighted by Gasteiger charge is -2.31. The van der Waals surface area contributed by atoms with Gasteiger partial charge in [-0.15, -0.1) is 0 Å². The highest BCUT2D eigenvalue weighted by Crippen LogP contribution is 2.27. The van der Waals surface area contributed by atoms with Gasteiger partial charge in [-0.25, -0.2) is 0 Å². The Bertz CT molecular complexity index is 147. The van der Waals surface area contributed by atoms with Gasteiger partial charge in [-0.1, -0.05) is 20.3 Å². The number of nitrogens with one attached hydrogen (secondary N) is 1. The lowest BCUT2D eigenvalue weighted by molar-refractivity contribution is 0.202. The molecular formula is C11H24N2. The van der Waals surface area contributed by atoms with Crippen LogP contribution in [0.15, 0.2) is 0 Å². The summed E-state index contributed by atoms with van der Waals surface area (Å²) in [5.74, 6) is 0. The molecule has 0 saturated carbocycles. The summed E-state index contributed by atoms with van der Waals surface area (Å²) < 4.78 is 0. The van der Waals surface area contributed by atoms with E-state index < -0.39 is 0 Å². The number of nitrogens with zero attached hydrogens (tertiary/aromatic N) is 1. The van der Waals surface area contributed by atoms with Crippen molar-refractivity contribution in [1.29, 1.82) is 0 Å². The molecule has 2 heteroatoms. The van der Waals surface area contributed by atoms with E-state index in [4.69, 9.17) is 0 Å². The van der Waals surface area contributed by atoms with Gasteiger partial charge in [0.15, 0.2) is 0 Å². The van der Waals surface area contributed by atoms with Gasteiger partial charge in [-0.2, -0.15) is 0 Å². The Labute approximate surface area is 82.7 Å². The van der Waals surface area contributed by atoms with Gasteiger partial charge < -0.3 is 10.2 Å². The monoisotopic (exact) mass is 184 g/mol. The highest BCUT2D eigenvalue weighted by atomic mass is 15.1. The van der Waals surface area contributed by atoms with Crippen LogP contribution in [0, 0.1) is 5.41 Å². The molecular weight excluding hydrogens is 160 g/mol. The first-order chi connectivity index (χ1) is 6.16. The molecule has 0 aliphatic carbocycles. The van der Waals surface area contributed by atoms with Crippen LogP contribution in [0.4, 0.5) is 0 Å². The highest BCUT2D eigenvalue weighted by Gasteiger charge is 2.27. The molecule has 1 aliphatic heterocycles. The van der Waals surface area contributed by atoms with Crippen LogP contribution in [0.1, 0.15) is 33.1 Å². The number of likely N-dealkylation sites (tertiary alicyclic amines) is 1. The molecule has 1 fully saturated rings. The molecule has 1 saturated heterocycles. The van der Waals surface area contributed by atoms with Gasteiger partial charge in [0.1, 0.15) is 0 Å². The van der Waals surface area contributed by atoms with Gasteiger partial charge in [0.25, 0.3) is 0 Å². The van der Waals surface area contributed by atoms with Crippen molar-refractivity contribution in [2.45, 2.75) is 33.1 Å². The minimum atomic E-state index is 0.501. The Morgan fingerprint density at radius 2 is 2.15 bits per heavy atom. The SMILES string of the molecule is CCNCC1(C)CCCCN(C)C1. The lowest BCUT2D eigenvalue weighted by Crippen LogP contribution is -2.39. The van der Waals surface area contributed by atoms with Crippen LogP contribution < -0.4 is 5.32 Å². The molecule has 1 aliphatic rings. The smallest absolute Gasteiger partial charge is 0.00444 e. The van der Waals surface area contributed by atoms with Crippen molar-refractivity contribution in [3.63, 3.8) is 0 Å². The molecule has 13 heavy (non-hydrogen) atoms. The van der Waals surface area contributed by atoms with Crippen molar-refractivity contribution in [3.05, 3.63) is 0 Å². The van der Waals surface area contributed by atoms with Crippen LogP contribution in [0.3, 0.4) is 0 Å². The molecule has 0 aromatic rings. The molecule has 0 spiro atoms. The average Bonchev–Trinajstić information content (AvgIpc) is 2.24. The molecule has 1 N–H and O–H groups in total. The minimum absolute atomic E-state index is 0.501. The van der Waals surface area contributed by atoms with Crippen LogP contribution in [-0.2, 0) is 0 Å². The summed E-state index contributed by atoms with van der Waals surface area (Å²) in [6.45, 7) is 9.40. The summed E-state index contributed by atoms with van der Waals surface area (Å²) in [5.41, 5.74) is 0.501. The second-order valence-corrected chi connectivity index (χ2v) is 4.79. The molecule has 1 heterocycles. The van der Waals surface area contributed by atoms with Crippen LogP contribution in [-0.4, -0.2) is 38.1 Å². The van der Waals surface area contributed by atoms with Crippen LogP contribution in [0.25, 0.3) is 0 Å².